The summed E-state index contributed by atoms with van der Waals surface area (Å²) in [6.07, 6.45) is 13.3. The van der Waals surface area contributed by atoms with E-state index in [-0.39, 0.29) is 19.8 Å². The minimum atomic E-state index is -1.43. The van der Waals surface area contributed by atoms with Crippen molar-refractivity contribution in [2.24, 2.45) is 0 Å². The summed E-state index contributed by atoms with van der Waals surface area (Å²) in [6.45, 7) is 12.7. The molecule has 0 aliphatic heterocycles. The van der Waals surface area contributed by atoms with E-state index in [1.165, 1.54) is 41.0 Å². The molecule has 0 aliphatic rings. The summed E-state index contributed by atoms with van der Waals surface area (Å²) in [6, 6.07) is 0. The van der Waals surface area contributed by atoms with Crippen LogP contribution >= 0.6 is 0 Å². The van der Waals surface area contributed by atoms with Gasteiger partial charge in [-0.15, -0.1) is 19.8 Å². The Labute approximate surface area is 230 Å². The van der Waals surface area contributed by atoms with E-state index in [1.54, 1.807) is 29.6 Å². The van der Waals surface area contributed by atoms with Crippen LogP contribution in [0.15, 0.2) is 0 Å². The van der Waals surface area contributed by atoms with E-state index in [2.05, 4.69) is 18.8 Å². The molecule has 5 nitrogen and oxygen atoms in total. The first-order valence-electron chi connectivity index (χ1n) is 13.3. The van der Waals surface area contributed by atoms with Crippen molar-refractivity contribution in [1.82, 2.24) is 0 Å². The van der Waals surface area contributed by atoms with Crippen LogP contribution in [0.2, 0.25) is 13.8 Å². The van der Waals surface area contributed by atoms with Crippen LogP contribution in [0.1, 0.15) is 112 Å². The quantitative estimate of drug-likeness (QED) is 0.155. The van der Waals surface area contributed by atoms with Gasteiger partial charge in [0.1, 0.15) is 0 Å². The number of rotatable bonds is 18. The van der Waals surface area contributed by atoms with Crippen molar-refractivity contribution in [2.75, 3.05) is 40.1 Å². The second kappa shape index (κ2) is 54.3. The Morgan fingerprint density at radius 1 is 0.545 bits per heavy atom. The van der Waals surface area contributed by atoms with Crippen LogP contribution in [-0.4, -0.2) is 82.8 Å². The molecule has 0 N–H and O–H groups in total. The number of hydrogen-bond donors (Lipinski definition) is 0. The van der Waals surface area contributed by atoms with E-state index in [0.717, 1.165) is 58.2 Å². The van der Waals surface area contributed by atoms with Gasteiger partial charge in [-0.05, 0) is 0 Å². The monoisotopic (exact) mass is 691 g/mol. The minimum absolute atomic E-state index is 0.0938. The SMILES string of the molecule is CCCC[O-].CCCC[O-].CCCC[O-].CCC[CH2][Sn+]([CH2]CCC)[O]CCCCOC.[CH3][Sn+3]. The zero-order chi connectivity index (χ0) is 26.4. The van der Waals surface area contributed by atoms with Crippen molar-refractivity contribution >= 4 is 42.7 Å². The fourth-order valence-electron chi connectivity index (χ4n) is 2.02. The van der Waals surface area contributed by atoms with Crippen LogP contribution in [0.25, 0.3) is 0 Å². The van der Waals surface area contributed by atoms with Crippen LogP contribution in [-0.2, 0) is 7.81 Å². The van der Waals surface area contributed by atoms with Gasteiger partial charge >= 0.3 is 137 Å². The van der Waals surface area contributed by atoms with E-state index in [4.69, 9.17) is 7.81 Å². The summed E-state index contributed by atoms with van der Waals surface area (Å²) in [4.78, 5) is 2.09. The maximum absolute atomic E-state index is 9.53. The van der Waals surface area contributed by atoms with Gasteiger partial charge in [0.05, 0.1) is 0 Å². The molecule has 0 aromatic carbocycles. The Kier molecular flexibility index (Phi) is 73.1. The topological polar surface area (TPSA) is 87.6 Å². The molecule has 0 aromatic rings. The molecule has 7 heteroatoms. The van der Waals surface area contributed by atoms with E-state index in [9.17, 15) is 15.3 Å². The molecule has 200 valence electrons. The predicted molar refractivity (Wildman–Crippen MR) is 143 cm³/mol. The van der Waals surface area contributed by atoms with Crippen molar-refractivity contribution in [3.63, 3.8) is 0 Å². The van der Waals surface area contributed by atoms with Crippen LogP contribution < -0.4 is 15.3 Å². The van der Waals surface area contributed by atoms with Crippen LogP contribution in [0, 0.1) is 0 Å². The molecule has 0 spiro atoms. The Hall–Kier alpha value is 1.40. The Bertz CT molecular complexity index is 222. The van der Waals surface area contributed by atoms with E-state index < -0.39 is 20.2 Å². The molecule has 0 aliphatic carbocycles. The number of methoxy groups -OCH3 is 1. The summed E-state index contributed by atoms with van der Waals surface area (Å²) in [5.41, 5.74) is 0. The molecule has 0 saturated heterocycles. The van der Waals surface area contributed by atoms with Crippen LogP contribution in [0.5, 0.6) is 0 Å². The molecule has 0 saturated carbocycles. The third-order valence-corrected chi connectivity index (χ3v) is 11.1. The van der Waals surface area contributed by atoms with Crippen molar-refractivity contribution in [1.29, 1.82) is 0 Å². The first-order chi connectivity index (χ1) is 16.1. The molecule has 0 bridgehead atoms. The van der Waals surface area contributed by atoms with Gasteiger partial charge in [-0.1, -0.05) is 59.3 Å². The molecular weight excluding hydrogens is 630 g/mol. The van der Waals surface area contributed by atoms with Crippen molar-refractivity contribution < 1.29 is 23.1 Å². The number of unbranched alkanes of at least 4 members (excludes halogenated alkanes) is 6. The summed E-state index contributed by atoms with van der Waals surface area (Å²) < 4.78 is 14.0. The fourth-order valence-corrected chi connectivity index (χ4v) is 9.06. The molecule has 0 fully saturated rings. The van der Waals surface area contributed by atoms with Gasteiger partial charge in [0, 0.05) is 0 Å². The first-order valence-corrected chi connectivity index (χ1v) is 21.4. The maximum atomic E-state index is 9.53. The molecule has 0 unspecified atom stereocenters. The molecule has 33 heavy (non-hydrogen) atoms. The predicted octanol–water partition coefficient (Wildman–Crippen LogP) is 4.66. The Morgan fingerprint density at radius 2 is 0.879 bits per heavy atom. The standard InChI is InChI=1S/C5H11O2.3C4H9O.2C4H9.CH3.2Sn/c1-7-5-3-2-4-6;3*1-2-3-4-5;2*1-3-4-2;;;/h2-5H2,1H3;3*2-4H2,1H3;2*1,3-4H2,2H3;1H3;;/q4*-1;;;;+2;+3. The van der Waals surface area contributed by atoms with E-state index in [1.807, 2.05) is 20.8 Å². The molecule has 0 heterocycles. The summed E-state index contributed by atoms with van der Waals surface area (Å²) in [7, 11) is 1.77. The van der Waals surface area contributed by atoms with Gasteiger partial charge in [0.25, 0.3) is 0 Å². The average Bonchev–Trinajstić information content (AvgIpc) is 2.84. The van der Waals surface area contributed by atoms with E-state index in [0.29, 0.717) is 0 Å². The Balaban J connectivity index is -0.000000125. The van der Waals surface area contributed by atoms with Gasteiger partial charge < -0.3 is 15.3 Å². The van der Waals surface area contributed by atoms with Gasteiger partial charge in [-0.3, -0.25) is 0 Å². The first kappa shape index (κ1) is 44.4. The van der Waals surface area contributed by atoms with Crippen molar-refractivity contribution in [3.8, 4) is 0 Å². The molecule has 0 radical (unpaired) electrons. The zero-order valence-electron chi connectivity index (χ0n) is 23.5. The Morgan fingerprint density at radius 3 is 1.12 bits per heavy atom. The van der Waals surface area contributed by atoms with Gasteiger partial charge in [-0.25, -0.2) is 0 Å². The number of ether oxygens (including phenoxy) is 1. The molecule has 0 atom stereocenters. The number of hydrogen-bond acceptors (Lipinski definition) is 5. The molecular formula is C26H59O5Sn2+. The second-order valence-electron chi connectivity index (χ2n) is 7.47. The average molecular weight is 689 g/mol. The second-order valence-corrected chi connectivity index (χ2v) is 14.2. The zero-order valence-corrected chi connectivity index (χ0v) is 29.2. The van der Waals surface area contributed by atoms with E-state index >= 15 is 0 Å². The van der Waals surface area contributed by atoms with Gasteiger partial charge in [0.2, 0.25) is 0 Å². The normalized spacial score (nSPS) is 9.21. The summed E-state index contributed by atoms with van der Waals surface area (Å²) in [5.74, 6) is 0. The molecule has 0 amide bonds. The van der Waals surface area contributed by atoms with Gasteiger partial charge in [0.15, 0.2) is 0 Å². The third-order valence-electron chi connectivity index (χ3n) is 4.16. The third kappa shape index (κ3) is 65.6. The van der Waals surface area contributed by atoms with Crippen LogP contribution in [0.3, 0.4) is 0 Å². The summed E-state index contributed by atoms with van der Waals surface area (Å²) in [5, 5.41) is 28.6. The van der Waals surface area contributed by atoms with Crippen molar-refractivity contribution in [2.45, 2.75) is 125 Å². The summed E-state index contributed by atoms with van der Waals surface area (Å²) >= 11 is 0.121. The molecule has 0 rings (SSSR count). The molecule has 0 aromatic heterocycles. The van der Waals surface area contributed by atoms with Crippen molar-refractivity contribution in [3.05, 3.63) is 0 Å². The fraction of sp³-hybridized carbons (Fsp3) is 1.00. The van der Waals surface area contributed by atoms with Gasteiger partial charge in [-0.2, -0.15) is 0 Å². The van der Waals surface area contributed by atoms with Crippen LogP contribution in [0.4, 0.5) is 0 Å².